The second-order valence-corrected chi connectivity index (χ2v) is 6.83. The Morgan fingerprint density at radius 3 is 2.67 bits per heavy atom. The van der Waals surface area contributed by atoms with Gasteiger partial charge in [0.2, 0.25) is 5.91 Å². The van der Waals surface area contributed by atoms with E-state index >= 15 is 0 Å². The molecule has 4 rings (SSSR count). The van der Waals surface area contributed by atoms with Gasteiger partial charge in [-0.1, -0.05) is 43.2 Å². The van der Waals surface area contributed by atoms with E-state index in [1.54, 1.807) is 0 Å². The van der Waals surface area contributed by atoms with Gasteiger partial charge in [-0.3, -0.25) is 4.79 Å². The number of amides is 1. The lowest BCUT2D eigenvalue weighted by molar-refractivity contribution is -0.129. The highest BCUT2D eigenvalue weighted by molar-refractivity contribution is 5.89. The number of carbonyl (C=O) groups is 1. The monoisotopic (exact) mass is 285 g/mol. The Labute approximate surface area is 126 Å². The molecule has 0 radical (unpaired) electrons. The maximum atomic E-state index is 13.0. The van der Waals surface area contributed by atoms with Crippen molar-refractivity contribution >= 4 is 5.91 Å². The van der Waals surface area contributed by atoms with Gasteiger partial charge in [0.05, 0.1) is 11.5 Å². The standard InChI is InChI=1S/C18H23NO2/c20-17(19-15-12-16-14(15)8-11-21-16)18(9-4-5-10-18)13-6-2-1-3-7-13/h1-3,6-7,14-16H,4-5,8-12H2,(H,19,20)/t14-,15+,16+/m1/s1. The zero-order chi connectivity index (χ0) is 14.3. The number of hydrogen-bond donors (Lipinski definition) is 1. The first-order valence-corrected chi connectivity index (χ1v) is 8.28. The minimum Gasteiger partial charge on any atom is -0.378 e. The first kappa shape index (κ1) is 13.3. The van der Waals surface area contributed by atoms with E-state index < -0.39 is 0 Å². The molecule has 3 heteroatoms. The van der Waals surface area contributed by atoms with Gasteiger partial charge in [0, 0.05) is 18.6 Å². The van der Waals surface area contributed by atoms with Crippen molar-refractivity contribution in [1.29, 1.82) is 0 Å². The summed E-state index contributed by atoms with van der Waals surface area (Å²) < 4.78 is 5.65. The predicted octanol–water partition coefficient (Wildman–Crippen LogP) is 2.79. The van der Waals surface area contributed by atoms with Gasteiger partial charge >= 0.3 is 0 Å². The summed E-state index contributed by atoms with van der Waals surface area (Å²) in [7, 11) is 0. The van der Waals surface area contributed by atoms with Gasteiger partial charge in [0.25, 0.3) is 0 Å². The molecule has 1 heterocycles. The molecule has 21 heavy (non-hydrogen) atoms. The molecule has 3 nitrogen and oxygen atoms in total. The van der Waals surface area contributed by atoms with Gasteiger partial charge in [-0.15, -0.1) is 0 Å². The lowest BCUT2D eigenvalue weighted by Gasteiger charge is -2.41. The molecular weight excluding hydrogens is 262 g/mol. The second kappa shape index (κ2) is 5.13. The van der Waals surface area contributed by atoms with Gasteiger partial charge in [-0.05, 0) is 31.2 Å². The molecular formula is C18H23NO2. The Bertz CT molecular complexity index is 521. The highest BCUT2D eigenvalue weighted by atomic mass is 16.5. The Morgan fingerprint density at radius 1 is 1.19 bits per heavy atom. The van der Waals surface area contributed by atoms with E-state index in [2.05, 4.69) is 17.4 Å². The van der Waals surface area contributed by atoms with Gasteiger partial charge in [0.15, 0.2) is 0 Å². The van der Waals surface area contributed by atoms with Crippen molar-refractivity contribution in [2.45, 2.75) is 56.1 Å². The van der Waals surface area contributed by atoms with Crippen molar-refractivity contribution in [2.24, 2.45) is 5.92 Å². The highest BCUT2D eigenvalue weighted by Crippen LogP contribution is 2.43. The summed E-state index contributed by atoms with van der Waals surface area (Å²) in [6.45, 7) is 0.867. The van der Waals surface area contributed by atoms with Crippen LogP contribution >= 0.6 is 0 Å². The van der Waals surface area contributed by atoms with E-state index in [1.165, 1.54) is 5.56 Å². The van der Waals surface area contributed by atoms with Crippen LogP contribution in [0.1, 0.15) is 44.1 Å². The third-order valence-electron chi connectivity index (χ3n) is 5.80. The summed E-state index contributed by atoms with van der Waals surface area (Å²) in [5, 5.41) is 3.35. The van der Waals surface area contributed by atoms with Crippen LogP contribution in [-0.4, -0.2) is 24.7 Å². The van der Waals surface area contributed by atoms with Crippen molar-refractivity contribution < 1.29 is 9.53 Å². The maximum Gasteiger partial charge on any atom is 0.230 e. The SMILES string of the molecule is O=C(N[C@H]1C[C@@H]2OCC[C@H]12)C1(c2ccccc2)CCCC1. The summed E-state index contributed by atoms with van der Waals surface area (Å²) in [5.74, 6) is 0.810. The Morgan fingerprint density at radius 2 is 1.95 bits per heavy atom. The van der Waals surface area contributed by atoms with Crippen LogP contribution in [0.15, 0.2) is 30.3 Å². The quantitative estimate of drug-likeness (QED) is 0.927. The van der Waals surface area contributed by atoms with Crippen LogP contribution in [0.4, 0.5) is 0 Å². The Hall–Kier alpha value is -1.35. The molecule has 0 bridgehead atoms. The fourth-order valence-electron chi connectivity index (χ4n) is 4.45. The zero-order valence-electron chi connectivity index (χ0n) is 12.4. The molecule has 3 atom stereocenters. The van der Waals surface area contributed by atoms with Gasteiger partial charge in [0.1, 0.15) is 0 Å². The van der Waals surface area contributed by atoms with E-state index in [9.17, 15) is 4.79 Å². The molecule has 1 aliphatic heterocycles. The molecule has 2 saturated carbocycles. The fourth-order valence-corrected chi connectivity index (χ4v) is 4.45. The van der Waals surface area contributed by atoms with E-state index in [1.807, 2.05) is 18.2 Å². The summed E-state index contributed by atoms with van der Waals surface area (Å²) in [6, 6.07) is 10.7. The summed E-state index contributed by atoms with van der Waals surface area (Å²) in [6.07, 6.45) is 6.80. The van der Waals surface area contributed by atoms with E-state index in [0.29, 0.717) is 18.1 Å². The number of hydrogen-bond acceptors (Lipinski definition) is 2. The van der Waals surface area contributed by atoms with E-state index in [-0.39, 0.29) is 11.3 Å². The second-order valence-electron chi connectivity index (χ2n) is 6.83. The third kappa shape index (κ3) is 2.10. The van der Waals surface area contributed by atoms with Crippen LogP contribution in [-0.2, 0) is 14.9 Å². The predicted molar refractivity (Wildman–Crippen MR) is 81.0 cm³/mol. The Kier molecular flexibility index (Phi) is 3.26. The molecule has 2 aliphatic carbocycles. The lowest BCUT2D eigenvalue weighted by Crippen LogP contribution is -2.57. The number of carbonyl (C=O) groups excluding carboxylic acids is 1. The summed E-state index contributed by atoms with van der Waals surface area (Å²) in [4.78, 5) is 13.0. The highest BCUT2D eigenvalue weighted by Gasteiger charge is 2.49. The molecule has 1 N–H and O–H groups in total. The molecule has 0 spiro atoms. The van der Waals surface area contributed by atoms with Crippen molar-refractivity contribution in [2.75, 3.05) is 6.61 Å². The lowest BCUT2D eigenvalue weighted by atomic mass is 9.73. The normalized spacial score (nSPS) is 33.2. The van der Waals surface area contributed by atoms with Gasteiger partial charge in [-0.2, -0.15) is 0 Å². The van der Waals surface area contributed by atoms with Gasteiger partial charge in [-0.25, -0.2) is 0 Å². The van der Waals surface area contributed by atoms with Crippen molar-refractivity contribution in [3.8, 4) is 0 Å². The molecule has 112 valence electrons. The molecule has 1 saturated heterocycles. The minimum atomic E-state index is -0.286. The topological polar surface area (TPSA) is 38.3 Å². The average Bonchev–Trinajstić information content (AvgIpc) is 3.13. The van der Waals surface area contributed by atoms with E-state index in [4.69, 9.17) is 4.74 Å². The summed E-state index contributed by atoms with van der Waals surface area (Å²) >= 11 is 0. The van der Waals surface area contributed by atoms with Crippen molar-refractivity contribution in [3.63, 3.8) is 0 Å². The largest absolute Gasteiger partial charge is 0.378 e. The minimum absolute atomic E-state index is 0.251. The van der Waals surface area contributed by atoms with E-state index in [0.717, 1.165) is 45.1 Å². The fraction of sp³-hybridized carbons (Fsp3) is 0.611. The van der Waals surface area contributed by atoms with Crippen LogP contribution < -0.4 is 5.32 Å². The average molecular weight is 285 g/mol. The molecule has 3 aliphatic rings. The first-order valence-electron chi connectivity index (χ1n) is 8.28. The zero-order valence-corrected chi connectivity index (χ0v) is 12.4. The molecule has 0 unspecified atom stereocenters. The van der Waals surface area contributed by atoms with Gasteiger partial charge < -0.3 is 10.1 Å². The van der Waals surface area contributed by atoms with Crippen LogP contribution in [0.5, 0.6) is 0 Å². The maximum absolute atomic E-state index is 13.0. The molecule has 3 fully saturated rings. The number of rotatable bonds is 3. The third-order valence-corrected chi connectivity index (χ3v) is 5.80. The number of fused-ring (bicyclic) bond motifs is 1. The molecule has 0 aromatic heterocycles. The van der Waals surface area contributed by atoms with Crippen molar-refractivity contribution in [1.82, 2.24) is 5.32 Å². The summed E-state index contributed by atoms with van der Waals surface area (Å²) in [5.41, 5.74) is 0.907. The van der Waals surface area contributed by atoms with Crippen LogP contribution in [0.2, 0.25) is 0 Å². The van der Waals surface area contributed by atoms with Crippen LogP contribution in [0, 0.1) is 5.92 Å². The Balaban J connectivity index is 1.53. The van der Waals surface area contributed by atoms with Crippen molar-refractivity contribution in [3.05, 3.63) is 35.9 Å². The molecule has 1 aromatic rings. The molecule has 1 aromatic carbocycles. The van der Waals surface area contributed by atoms with Crippen LogP contribution in [0.3, 0.4) is 0 Å². The smallest absolute Gasteiger partial charge is 0.230 e. The number of benzene rings is 1. The first-order chi connectivity index (χ1) is 10.3. The van der Waals surface area contributed by atoms with Crippen LogP contribution in [0.25, 0.3) is 0 Å². The number of ether oxygens (including phenoxy) is 1. The number of nitrogens with one attached hydrogen (secondary N) is 1. The molecule has 1 amide bonds.